The SMILES string of the molecule is C=C1C2C[C@@H]3O[C@H]4C[C@H]5O[C@]6(C[C@@H]7O[C@]8(C[C@H](C)[C@@H]9O[C@@H]%10C[C@@H]([C@@H](O)CO)O[C@@H]%10C[C@@H]9O8)C[C@H](C)[C@@H]7O6)C[C@H]5O[C@H]4[C@H](C)[C@H]3OC(=O)C[C@H]3CC[C@@H]4OC5[C@H]6O[C@]7(C)[C@H]5O[C@@](CC[C@H]5CC(=C)[C@H](CC[C@@H](C[C@H]1C)O2)O5)(O[C@H]6[C@H]4O3)[C@@H]7O. The van der Waals surface area contributed by atoms with E-state index in [2.05, 4.69) is 40.9 Å². The zero-order chi connectivity index (χ0) is 56.1. The highest BCUT2D eigenvalue weighted by Gasteiger charge is 2.77. The Morgan fingerprint density at radius 1 is 0.537 bits per heavy atom. The number of carbonyl (C=O) groups excluding carboxylic acids is 1. The average Bonchev–Trinajstić information content (AvgIpc) is 2.22. The van der Waals surface area contributed by atoms with Gasteiger partial charge in [0.25, 0.3) is 0 Å². The van der Waals surface area contributed by atoms with Crippen molar-refractivity contribution in [3.05, 3.63) is 24.3 Å². The van der Waals surface area contributed by atoms with Gasteiger partial charge in [0, 0.05) is 63.7 Å². The number of carbonyl (C=O) groups is 1. The van der Waals surface area contributed by atoms with Gasteiger partial charge in [-0.3, -0.25) is 4.79 Å². The van der Waals surface area contributed by atoms with Crippen LogP contribution in [-0.4, -0.2) is 210 Å². The van der Waals surface area contributed by atoms with Crippen molar-refractivity contribution in [1.29, 1.82) is 0 Å². The fraction of sp³-hybridized carbons (Fsp3) is 0.919. The third kappa shape index (κ3) is 8.88. The van der Waals surface area contributed by atoms with E-state index in [1.165, 1.54) is 0 Å². The van der Waals surface area contributed by atoms with Crippen LogP contribution in [0.1, 0.15) is 144 Å². The molecule has 3 N–H and O–H groups in total. The summed E-state index contributed by atoms with van der Waals surface area (Å²) in [5, 5.41) is 32.2. The molecule has 2 unspecified atom stereocenters. The minimum atomic E-state index is -1.35. The zero-order valence-corrected chi connectivity index (χ0v) is 48.2. The molecular formula is C62H88O20. The predicted octanol–water partition coefficient (Wildman–Crippen LogP) is 4.69. The largest absolute Gasteiger partial charge is 0.459 e. The third-order valence-corrected chi connectivity index (χ3v) is 23.2. The predicted molar refractivity (Wildman–Crippen MR) is 282 cm³/mol. The number of hydrogen-bond donors (Lipinski definition) is 3. The highest BCUT2D eigenvalue weighted by atomic mass is 16.8. The monoisotopic (exact) mass is 1150 g/mol. The molecule has 82 heavy (non-hydrogen) atoms. The van der Waals surface area contributed by atoms with Crippen LogP contribution in [0.3, 0.4) is 0 Å². The van der Waals surface area contributed by atoms with E-state index in [0.717, 1.165) is 30.4 Å². The second kappa shape index (κ2) is 20.1. The van der Waals surface area contributed by atoms with Gasteiger partial charge in [-0.05, 0) is 80.8 Å². The molecule has 456 valence electrons. The molecule has 12 bridgehead atoms. The Labute approximate surface area is 480 Å². The Bertz CT molecular complexity index is 2500. The van der Waals surface area contributed by atoms with E-state index in [1.807, 2.05) is 6.92 Å². The Kier molecular flexibility index (Phi) is 13.6. The minimum absolute atomic E-state index is 0.0178. The molecule has 20 nitrogen and oxygen atoms in total. The third-order valence-electron chi connectivity index (χ3n) is 23.2. The van der Waals surface area contributed by atoms with Crippen LogP contribution in [0.25, 0.3) is 0 Å². The van der Waals surface area contributed by atoms with Gasteiger partial charge >= 0.3 is 5.97 Å². The average molecular weight is 1150 g/mol. The molecule has 17 heterocycles. The van der Waals surface area contributed by atoms with E-state index in [9.17, 15) is 20.1 Å². The first kappa shape index (κ1) is 55.5. The summed E-state index contributed by atoms with van der Waals surface area (Å²) >= 11 is 0. The van der Waals surface area contributed by atoms with Crippen molar-refractivity contribution < 1.29 is 95.9 Å². The fourth-order valence-electron chi connectivity index (χ4n) is 19.2. The van der Waals surface area contributed by atoms with Crippen LogP contribution in [0.2, 0.25) is 0 Å². The molecule has 0 amide bonds. The summed E-state index contributed by atoms with van der Waals surface area (Å²) in [6.45, 7) is 19.4. The van der Waals surface area contributed by atoms with Crippen LogP contribution >= 0.6 is 0 Å². The van der Waals surface area contributed by atoms with Crippen LogP contribution in [0.4, 0.5) is 0 Å². The Hall–Kier alpha value is -1.77. The molecule has 3 spiro atoms. The van der Waals surface area contributed by atoms with E-state index >= 15 is 0 Å². The van der Waals surface area contributed by atoms with Gasteiger partial charge in [0.05, 0.1) is 123 Å². The van der Waals surface area contributed by atoms with Gasteiger partial charge in [0.1, 0.15) is 54.4 Å². The van der Waals surface area contributed by atoms with E-state index < -0.39 is 96.2 Å². The topological polar surface area (TPSA) is 225 Å². The highest BCUT2D eigenvalue weighted by Crippen LogP contribution is 2.60. The summed E-state index contributed by atoms with van der Waals surface area (Å²) in [5.74, 6) is -3.28. The Balaban J connectivity index is 0.633. The number of hydrogen-bond acceptors (Lipinski definition) is 20. The second-order valence-corrected chi connectivity index (χ2v) is 28.8. The van der Waals surface area contributed by atoms with Gasteiger partial charge in [-0.25, -0.2) is 0 Å². The first-order valence-electron chi connectivity index (χ1n) is 31.9. The van der Waals surface area contributed by atoms with E-state index in [-0.39, 0.29) is 128 Å². The minimum Gasteiger partial charge on any atom is -0.459 e. The summed E-state index contributed by atoms with van der Waals surface area (Å²) < 4.78 is 110. The highest BCUT2D eigenvalue weighted by molar-refractivity contribution is 5.70. The molecule has 17 rings (SSSR count). The molecule has 17 saturated heterocycles. The molecule has 20 heteroatoms. The quantitative estimate of drug-likeness (QED) is 0.252. The van der Waals surface area contributed by atoms with Gasteiger partial charge in [-0.15, -0.1) is 0 Å². The Morgan fingerprint density at radius 2 is 1.22 bits per heavy atom. The second-order valence-electron chi connectivity index (χ2n) is 28.8. The van der Waals surface area contributed by atoms with Gasteiger partial charge in [-0.2, -0.15) is 0 Å². The lowest BCUT2D eigenvalue weighted by Crippen LogP contribution is -2.63. The van der Waals surface area contributed by atoms with Crippen molar-refractivity contribution in [2.45, 2.75) is 325 Å². The lowest BCUT2D eigenvalue weighted by atomic mass is 9.78. The van der Waals surface area contributed by atoms with Gasteiger partial charge in [0.15, 0.2) is 17.4 Å². The maximum Gasteiger partial charge on any atom is 0.308 e. The van der Waals surface area contributed by atoms with Crippen molar-refractivity contribution in [1.82, 2.24) is 0 Å². The number of esters is 1. The molecule has 0 saturated carbocycles. The van der Waals surface area contributed by atoms with Crippen molar-refractivity contribution in [3.8, 4) is 0 Å². The molecule has 17 aliphatic rings. The maximum atomic E-state index is 14.6. The van der Waals surface area contributed by atoms with Crippen molar-refractivity contribution in [3.63, 3.8) is 0 Å². The lowest BCUT2D eigenvalue weighted by molar-refractivity contribution is -0.369. The number of rotatable bonds is 2. The summed E-state index contributed by atoms with van der Waals surface area (Å²) in [7, 11) is 0. The van der Waals surface area contributed by atoms with E-state index in [0.29, 0.717) is 83.5 Å². The number of aliphatic hydroxyl groups is 3. The lowest BCUT2D eigenvalue weighted by Gasteiger charge is -2.54. The molecular weight excluding hydrogens is 1060 g/mol. The van der Waals surface area contributed by atoms with Crippen LogP contribution in [0.5, 0.6) is 0 Å². The molecule has 17 aliphatic heterocycles. The number of fused-ring (bicyclic) bond motifs is 11. The molecule has 34 atom stereocenters. The van der Waals surface area contributed by atoms with E-state index in [4.69, 9.17) is 75.8 Å². The van der Waals surface area contributed by atoms with E-state index in [1.54, 1.807) is 0 Å². The zero-order valence-electron chi connectivity index (χ0n) is 48.2. The maximum absolute atomic E-state index is 14.6. The molecule has 17 fully saturated rings. The van der Waals surface area contributed by atoms with Gasteiger partial charge < -0.3 is 91.1 Å². The molecule has 0 aliphatic carbocycles. The number of ether oxygens (including phenoxy) is 16. The fourth-order valence-corrected chi connectivity index (χ4v) is 19.2. The molecule has 0 aromatic rings. The summed E-state index contributed by atoms with van der Waals surface area (Å²) in [6.07, 6.45) is -0.316. The Morgan fingerprint density at radius 3 is 2.06 bits per heavy atom. The summed E-state index contributed by atoms with van der Waals surface area (Å²) in [4.78, 5) is 14.6. The summed E-state index contributed by atoms with van der Waals surface area (Å²) in [5.41, 5.74) is 1.04. The van der Waals surface area contributed by atoms with Crippen LogP contribution in [0.15, 0.2) is 24.3 Å². The molecule has 0 aromatic heterocycles. The van der Waals surface area contributed by atoms with Crippen molar-refractivity contribution >= 4 is 5.97 Å². The van der Waals surface area contributed by atoms with Gasteiger partial charge in [0.2, 0.25) is 0 Å². The first-order valence-corrected chi connectivity index (χ1v) is 31.9. The van der Waals surface area contributed by atoms with Crippen molar-refractivity contribution in [2.24, 2.45) is 23.7 Å². The standard InChI is InChI=1S/C62H88O20/c1-26-14-32-8-10-36-27(2)15-34(67-36)12-13-62-58(66)59(7)57(82-62)56-55(79-59)54(81-62)53-37(72-56)11-9-33(69-53)16-48(65)75-52-31(6)51-44(71-43(52)17-38(68-32)30(26)5)20-42-46(74-51)23-61(76-42)24-47-50(80-61)29(4)22-60(78-47)21-28(3)49-45(77-60)19-40-41(73-49)18-39(70-40)35(64)25-63/h26,28-29,31-47,49-58,63-64,66H,2,5,8-25H2,1,3-4,6-7H3/t26-,28+,29+,31+,32+,33-,34+,35+,36+,37+,38?,39+,40-,41-,42-,43+,44+,45+,46-,47+,49+,50+,51+,52-,53+,54+,55+,56?,57+,58-,59-,60-,61-,62-/m1/s1. The van der Waals surface area contributed by atoms with Crippen molar-refractivity contribution in [2.75, 3.05) is 6.61 Å². The first-order chi connectivity index (χ1) is 39.3. The summed E-state index contributed by atoms with van der Waals surface area (Å²) in [6, 6.07) is 0. The normalized spacial score (nSPS) is 59.6. The molecule has 0 aromatic carbocycles. The molecule has 0 radical (unpaired) electrons. The number of aliphatic hydroxyl groups excluding tert-OH is 3. The van der Waals surface area contributed by atoms with Gasteiger partial charge in [-0.1, -0.05) is 40.9 Å². The smallest absolute Gasteiger partial charge is 0.308 e. The van der Waals surface area contributed by atoms with Crippen LogP contribution in [-0.2, 0) is 80.6 Å². The van der Waals surface area contributed by atoms with Crippen LogP contribution in [0, 0.1) is 23.7 Å². The van der Waals surface area contributed by atoms with Crippen LogP contribution < -0.4 is 0 Å².